The first-order chi connectivity index (χ1) is 8.72. The summed E-state index contributed by atoms with van der Waals surface area (Å²) < 4.78 is 0. The molecule has 0 N–H and O–H groups in total. The highest BCUT2D eigenvalue weighted by atomic mass is 79.9. The van der Waals surface area contributed by atoms with E-state index in [4.69, 9.17) is 0 Å². The number of hydrogen-bond acceptors (Lipinski definition) is 2. The van der Waals surface area contributed by atoms with Gasteiger partial charge in [-0.15, -0.1) is 0 Å². The molecule has 4 heteroatoms. The van der Waals surface area contributed by atoms with Crippen LogP contribution in [-0.4, -0.2) is 33.7 Å². The highest BCUT2D eigenvalue weighted by molar-refractivity contribution is 9.09. The van der Waals surface area contributed by atoms with E-state index in [2.05, 4.69) is 20.9 Å². The first-order valence-electron chi connectivity index (χ1n) is 6.53. The van der Waals surface area contributed by atoms with Gasteiger partial charge in [0, 0.05) is 23.6 Å². The van der Waals surface area contributed by atoms with Crippen LogP contribution in [0.25, 0.3) is 0 Å². The number of halogens is 1. The number of rotatable bonds is 2. The van der Waals surface area contributed by atoms with Gasteiger partial charge >= 0.3 is 0 Å². The lowest BCUT2D eigenvalue weighted by atomic mass is 10.1. The van der Waals surface area contributed by atoms with Gasteiger partial charge in [-0.25, -0.2) is 4.98 Å². The molecule has 0 spiro atoms. The molecule has 1 fully saturated rings. The SMILES string of the molecule is Cc1cccc(C(=O)N2CCCCCC2CBr)n1. The van der Waals surface area contributed by atoms with Crippen LogP contribution in [-0.2, 0) is 0 Å². The molecule has 0 radical (unpaired) electrons. The number of aryl methyl sites for hydroxylation is 1. The van der Waals surface area contributed by atoms with Crippen LogP contribution in [0.3, 0.4) is 0 Å². The van der Waals surface area contributed by atoms with E-state index in [1.807, 2.05) is 30.0 Å². The third-order valence-corrected chi connectivity index (χ3v) is 4.17. The van der Waals surface area contributed by atoms with Gasteiger partial charge in [-0.3, -0.25) is 4.79 Å². The summed E-state index contributed by atoms with van der Waals surface area (Å²) in [6.45, 7) is 2.77. The molecule has 1 atom stereocenters. The van der Waals surface area contributed by atoms with Crippen LogP contribution >= 0.6 is 15.9 Å². The molecule has 1 aliphatic heterocycles. The molecule has 1 aromatic rings. The normalized spacial score (nSPS) is 20.6. The van der Waals surface area contributed by atoms with Crippen molar-refractivity contribution in [2.75, 3.05) is 11.9 Å². The first-order valence-corrected chi connectivity index (χ1v) is 7.65. The van der Waals surface area contributed by atoms with Crippen molar-refractivity contribution in [1.29, 1.82) is 0 Å². The number of alkyl halides is 1. The van der Waals surface area contributed by atoms with Gasteiger partial charge in [-0.05, 0) is 31.9 Å². The minimum Gasteiger partial charge on any atom is -0.333 e. The number of amides is 1. The van der Waals surface area contributed by atoms with E-state index < -0.39 is 0 Å². The fourth-order valence-electron chi connectivity index (χ4n) is 2.41. The maximum atomic E-state index is 12.5. The van der Waals surface area contributed by atoms with E-state index in [-0.39, 0.29) is 5.91 Å². The van der Waals surface area contributed by atoms with Gasteiger partial charge in [-0.1, -0.05) is 34.8 Å². The maximum absolute atomic E-state index is 12.5. The van der Waals surface area contributed by atoms with E-state index in [9.17, 15) is 4.79 Å². The van der Waals surface area contributed by atoms with Gasteiger partial charge in [-0.2, -0.15) is 0 Å². The fraction of sp³-hybridized carbons (Fsp3) is 0.571. The fourth-order valence-corrected chi connectivity index (χ4v) is 3.09. The molecule has 1 aromatic heterocycles. The Bertz CT molecular complexity index is 422. The van der Waals surface area contributed by atoms with Gasteiger partial charge in [0.1, 0.15) is 5.69 Å². The van der Waals surface area contributed by atoms with Crippen LogP contribution in [0.4, 0.5) is 0 Å². The summed E-state index contributed by atoms with van der Waals surface area (Å²) in [7, 11) is 0. The van der Waals surface area contributed by atoms with Gasteiger partial charge in [0.05, 0.1) is 0 Å². The number of hydrogen-bond donors (Lipinski definition) is 0. The molecule has 1 amide bonds. The molecule has 1 saturated heterocycles. The minimum absolute atomic E-state index is 0.0741. The number of carbonyl (C=O) groups is 1. The zero-order valence-corrected chi connectivity index (χ0v) is 12.3. The lowest BCUT2D eigenvalue weighted by molar-refractivity contribution is 0.0696. The second kappa shape index (κ2) is 6.32. The molecule has 1 unspecified atom stereocenters. The summed E-state index contributed by atoms with van der Waals surface area (Å²) in [4.78, 5) is 18.8. The minimum atomic E-state index is 0.0741. The molecule has 0 aliphatic carbocycles. The van der Waals surface area contributed by atoms with E-state index in [1.165, 1.54) is 12.8 Å². The van der Waals surface area contributed by atoms with Crippen LogP contribution in [0.5, 0.6) is 0 Å². The Morgan fingerprint density at radius 3 is 3.00 bits per heavy atom. The summed E-state index contributed by atoms with van der Waals surface area (Å²) in [5, 5.41) is 0.852. The van der Waals surface area contributed by atoms with Crippen molar-refractivity contribution in [3.63, 3.8) is 0 Å². The molecule has 0 bridgehead atoms. The number of likely N-dealkylation sites (tertiary alicyclic amines) is 1. The summed E-state index contributed by atoms with van der Waals surface area (Å²) >= 11 is 3.53. The van der Waals surface area contributed by atoms with E-state index in [1.54, 1.807) is 0 Å². The summed E-state index contributed by atoms with van der Waals surface area (Å²) in [5.74, 6) is 0.0741. The van der Waals surface area contributed by atoms with Crippen molar-refractivity contribution in [1.82, 2.24) is 9.88 Å². The molecule has 2 heterocycles. The molecule has 0 aromatic carbocycles. The molecule has 1 aliphatic rings. The maximum Gasteiger partial charge on any atom is 0.272 e. The number of aromatic nitrogens is 1. The van der Waals surface area contributed by atoms with Crippen LogP contribution in [0.15, 0.2) is 18.2 Å². The van der Waals surface area contributed by atoms with Gasteiger partial charge in [0.25, 0.3) is 5.91 Å². The number of carbonyl (C=O) groups excluding carboxylic acids is 1. The third-order valence-electron chi connectivity index (χ3n) is 3.42. The Morgan fingerprint density at radius 2 is 2.28 bits per heavy atom. The Morgan fingerprint density at radius 1 is 1.44 bits per heavy atom. The highest BCUT2D eigenvalue weighted by Gasteiger charge is 2.26. The molecule has 0 saturated carbocycles. The largest absolute Gasteiger partial charge is 0.333 e. The molecule has 98 valence electrons. The zero-order valence-electron chi connectivity index (χ0n) is 10.7. The van der Waals surface area contributed by atoms with E-state index >= 15 is 0 Å². The molecular weight excluding hydrogens is 292 g/mol. The van der Waals surface area contributed by atoms with E-state index in [0.29, 0.717) is 11.7 Å². The average molecular weight is 311 g/mol. The van der Waals surface area contributed by atoms with E-state index in [0.717, 1.165) is 30.4 Å². The number of pyridine rings is 1. The average Bonchev–Trinajstić information content (AvgIpc) is 2.62. The predicted octanol–water partition coefficient (Wildman–Crippen LogP) is 3.17. The zero-order chi connectivity index (χ0) is 13.0. The van der Waals surface area contributed by atoms with Crippen molar-refractivity contribution in [2.24, 2.45) is 0 Å². The summed E-state index contributed by atoms with van der Waals surface area (Å²) in [6, 6.07) is 5.94. The summed E-state index contributed by atoms with van der Waals surface area (Å²) in [6.07, 6.45) is 4.61. The lowest BCUT2D eigenvalue weighted by Gasteiger charge is -2.28. The molecule has 18 heavy (non-hydrogen) atoms. The van der Waals surface area contributed by atoms with Gasteiger partial charge in [0.2, 0.25) is 0 Å². The van der Waals surface area contributed by atoms with Crippen molar-refractivity contribution in [2.45, 2.75) is 38.6 Å². The Kier molecular flexibility index (Phi) is 4.75. The van der Waals surface area contributed by atoms with Crippen LogP contribution in [0.2, 0.25) is 0 Å². The van der Waals surface area contributed by atoms with Crippen molar-refractivity contribution in [3.8, 4) is 0 Å². The smallest absolute Gasteiger partial charge is 0.272 e. The molecule has 3 nitrogen and oxygen atoms in total. The Hall–Kier alpha value is -0.900. The van der Waals surface area contributed by atoms with Gasteiger partial charge < -0.3 is 4.90 Å². The Balaban J connectivity index is 2.19. The lowest BCUT2D eigenvalue weighted by Crippen LogP contribution is -2.41. The van der Waals surface area contributed by atoms with Crippen LogP contribution in [0.1, 0.15) is 41.9 Å². The monoisotopic (exact) mass is 310 g/mol. The predicted molar refractivity (Wildman–Crippen MR) is 76.1 cm³/mol. The highest BCUT2D eigenvalue weighted by Crippen LogP contribution is 2.20. The topological polar surface area (TPSA) is 33.2 Å². The van der Waals surface area contributed by atoms with Crippen molar-refractivity contribution >= 4 is 21.8 Å². The third kappa shape index (κ3) is 3.10. The quantitative estimate of drug-likeness (QED) is 0.786. The number of nitrogens with zero attached hydrogens (tertiary/aromatic N) is 2. The molecule has 2 rings (SSSR count). The van der Waals surface area contributed by atoms with Crippen molar-refractivity contribution in [3.05, 3.63) is 29.6 Å². The molecular formula is C14H19BrN2O. The first kappa shape index (κ1) is 13.5. The standard InChI is InChI=1S/C14H19BrN2O/c1-11-6-5-8-13(16-11)14(18)17-9-4-2-3-7-12(17)10-15/h5-6,8,12H,2-4,7,9-10H2,1H3. The van der Waals surface area contributed by atoms with Crippen LogP contribution in [0, 0.1) is 6.92 Å². The Labute approximate surface area is 117 Å². The second-order valence-electron chi connectivity index (χ2n) is 4.82. The van der Waals surface area contributed by atoms with Crippen LogP contribution < -0.4 is 0 Å². The van der Waals surface area contributed by atoms with Crippen molar-refractivity contribution < 1.29 is 4.79 Å². The second-order valence-corrected chi connectivity index (χ2v) is 5.47. The van der Waals surface area contributed by atoms with Gasteiger partial charge in [0.15, 0.2) is 0 Å². The summed E-state index contributed by atoms with van der Waals surface area (Å²) in [5.41, 5.74) is 1.47.